The van der Waals surface area contributed by atoms with Gasteiger partial charge in [0.2, 0.25) is 5.91 Å². The summed E-state index contributed by atoms with van der Waals surface area (Å²) in [4.78, 5) is 25.1. The number of hydrogen-bond acceptors (Lipinski definition) is 4. The molecule has 0 radical (unpaired) electrons. The summed E-state index contributed by atoms with van der Waals surface area (Å²) in [7, 11) is 0. The van der Waals surface area contributed by atoms with Crippen LogP contribution in [0.5, 0.6) is 5.75 Å². The number of benzene rings is 3. The van der Waals surface area contributed by atoms with Crippen molar-refractivity contribution in [1.29, 1.82) is 0 Å². The van der Waals surface area contributed by atoms with Gasteiger partial charge < -0.3 is 14.8 Å². The van der Waals surface area contributed by atoms with Gasteiger partial charge in [-0.05, 0) is 42.8 Å². The monoisotopic (exact) mass is 525 g/mol. The fourth-order valence-electron chi connectivity index (χ4n) is 3.61. The first-order valence-electron chi connectivity index (χ1n) is 11.5. The van der Waals surface area contributed by atoms with Gasteiger partial charge in [0.05, 0.1) is 11.4 Å². The van der Waals surface area contributed by atoms with Crippen molar-refractivity contribution >= 4 is 38.4 Å². The smallest absolute Gasteiger partial charge is 0.236 e. The van der Waals surface area contributed by atoms with Crippen LogP contribution < -0.4 is 10.1 Å². The highest BCUT2D eigenvalue weighted by atomic mass is 79.9. The number of ketones is 1. The van der Waals surface area contributed by atoms with Gasteiger partial charge in [-0.2, -0.15) is 0 Å². The molecule has 0 aliphatic carbocycles. The molecule has 3 aromatic carbocycles. The summed E-state index contributed by atoms with van der Waals surface area (Å²) in [6.07, 6.45) is 0.204. The molecule has 3 rings (SSSR count). The largest absolute Gasteiger partial charge is 0.488 e. The van der Waals surface area contributed by atoms with E-state index in [-0.39, 0.29) is 35.5 Å². The SMILES string of the molecule is CC(C)C(Br)C(=O)NC(C)(C)OCCC(=O)c1ccc(OCc2ccccc2)c2ccccc12. The number of ether oxygens (including phenoxy) is 2. The Hall–Kier alpha value is -2.70. The zero-order valence-electron chi connectivity index (χ0n) is 20.1. The summed E-state index contributed by atoms with van der Waals surface area (Å²) in [5.41, 5.74) is 0.835. The Morgan fingerprint density at radius 2 is 1.59 bits per heavy atom. The van der Waals surface area contributed by atoms with E-state index in [4.69, 9.17) is 9.47 Å². The van der Waals surface area contributed by atoms with Crippen LogP contribution in [-0.4, -0.2) is 28.8 Å². The minimum atomic E-state index is -0.879. The molecule has 1 N–H and O–H groups in total. The molecule has 1 atom stereocenters. The highest BCUT2D eigenvalue weighted by Gasteiger charge is 2.27. The van der Waals surface area contributed by atoms with Crippen LogP contribution >= 0.6 is 15.9 Å². The van der Waals surface area contributed by atoms with Crippen LogP contribution in [0.15, 0.2) is 66.7 Å². The Bertz CT molecular complexity index is 1130. The molecule has 0 aliphatic rings. The molecular formula is C28H32BrNO4. The van der Waals surface area contributed by atoms with Gasteiger partial charge in [0, 0.05) is 17.4 Å². The van der Waals surface area contributed by atoms with Crippen LogP contribution in [0.2, 0.25) is 0 Å². The first kappa shape index (κ1) is 25.9. The molecule has 1 amide bonds. The zero-order valence-corrected chi connectivity index (χ0v) is 21.7. The molecule has 3 aromatic rings. The quantitative estimate of drug-likeness (QED) is 0.182. The van der Waals surface area contributed by atoms with E-state index in [1.807, 2.05) is 80.6 Å². The van der Waals surface area contributed by atoms with E-state index in [1.54, 1.807) is 13.8 Å². The van der Waals surface area contributed by atoms with Gasteiger partial charge in [0.15, 0.2) is 5.78 Å². The van der Waals surface area contributed by atoms with Crippen molar-refractivity contribution in [2.75, 3.05) is 6.61 Å². The van der Waals surface area contributed by atoms with Crippen molar-refractivity contribution in [3.63, 3.8) is 0 Å². The molecule has 0 aromatic heterocycles. The third kappa shape index (κ3) is 6.90. The summed E-state index contributed by atoms with van der Waals surface area (Å²) in [5.74, 6) is 0.743. The summed E-state index contributed by atoms with van der Waals surface area (Å²) in [6.45, 7) is 8.15. The lowest BCUT2D eigenvalue weighted by Gasteiger charge is -2.28. The molecule has 0 saturated heterocycles. The first-order valence-corrected chi connectivity index (χ1v) is 12.4. The Morgan fingerprint density at radius 3 is 2.26 bits per heavy atom. The van der Waals surface area contributed by atoms with Crippen molar-refractivity contribution in [3.8, 4) is 5.75 Å². The number of nitrogens with one attached hydrogen (secondary N) is 1. The number of fused-ring (bicyclic) bond motifs is 1. The van der Waals surface area contributed by atoms with Crippen LogP contribution in [0.4, 0.5) is 0 Å². The zero-order chi connectivity index (χ0) is 24.7. The first-order chi connectivity index (χ1) is 16.2. The molecule has 1 unspecified atom stereocenters. The highest BCUT2D eigenvalue weighted by molar-refractivity contribution is 9.10. The lowest BCUT2D eigenvalue weighted by molar-refractivity contribution is -0.130. The number of carbonyl (C=O) groups excluding carboxylic acids is 2. The van der Waals surface area contributed by atoms with Gasteiger partial charge in [0.1, 0.15) is 18.1 Å². The van der Waals surface area contributed by atoms with E-state index >= 15 is 0 Å². The summed E-state index contributed by atoms with van der Waals surface area (Å²) >= 11 is 3.40. The fraction of sp³-hybridized carbons (Fsp3) is 0.357. The van der Waals surface area contributed by atoms with Gasteiger partial charge in [-0.1, -0.05) is 84.4 Å². The number of carbonyl (C=O) groups is 2. The second-order valence-electron chi connectivity index (χ2n) is 9.10. The normalized spacial score (nSPS) is 12.5. The van der Waals surface area contributed by atoms with Gasteiger partial charge in [-0.15, -0.1) is 0 Å². The minimum Gasteiger partial charge on any atom is -0.488 e. The Labute approximate surface area is 210 Å². The van der Waals surface area contributed by atoms with Gasteiger partial charge in [0.25, 0.3) is 0 Å². The second-order valence-corrected chi connectivity index (χ2v) is 10.1. The molecule has 0 saturated carbocycles. The van der Waals surface area contributed by atoms with Crippen molar-refractivity contribution in [2.24, 2.45) is 5.92 Å². The summed E-state index contributed by atoms with van der Waals surface area (Å²) in [6, 6.07) is 21.4. The third-order valence-corrected chi connectivity index (χ3v) is 6.95. The van der Waals surface area contributed by atoms with Crippen LogP contribution in [0, 0.1) is 5.92 Å². The van der Waals surface area contributed by atoms with Crippen molar-refractivity contribution in [2.45, 2.75) is 51.3 Å². The molecule has 180 valence electrons. The van der Waals surface area contributed by atoms with Crippen molar-refractivity contribution in [3.05, 3.63) is 77.9 Å². The van der Waals surface area contributed by atoms with Crippen LogP contribution in [0.25, 0.3) is 10.8 Å². The molecular weight excluding hydrogens is 494 g/mol. The second kappa shape index (κ2) is 11.6. The van der Waals surface area contributed by atoms with E-state index in [0.29, 0.717) is 12.2 Å². The number of hydrogen-bond donors (Lipinski definition) is 1. The number of halogens is 1. The molecule has 0 heterocycles. The van der Waals surface area contributed by atoms with Gasteiger partial charge in [-0.3, -0.25) is 9.59 Å². The standard InChI is InChI=1S/C28H32BrNO4/c1-19(2)26(29)27(32)30-28(3,4)34-17-16-24(31)22-14-15-25(23-13-9-8-12-21(22)23)33-18-20-10-6-5-7-11-20/h5-15,19,26H,16-18H2,1-4H3,(H,30,32). The topological polar surface area (TPSA) is 64.6 Å². The van der Waals surface area contributed by atoms with Crippen LogP contribution in [0.3, 0.4) is 0 Å². The maximum Gasteiger partial charge on any atom is 0.236 e. The Morgan fingerprint density at radius 1 is 0.941 bits per heavy atom. The molecule has 0 aliphatic heterocycles. The molecule has 5 nitrogen and oxygen atoms in total. The number of amides is 1. The summed E-state index contributed by atoms with van der Waals surface area (Å²) in [5, 5.41) is 4.63. The number of Topliss-reactive ketones (excluding diaryl/α,β-unsaturated/α-hetero) is 1. The Kier molecular flexibility index (Phi) is 8.86. The lowest BCUT2D eigenvalue weighted by atomic mass is 9.99. The predicted molar refractivity (Wildman–Crippen MR) is 139 cm³/mol. The van der Waals surface area contributed by atoms with E-state index < -0.39 is 5.72 Å². The molecule has 34 heavy (non-hydrogen) atoms. The molecule has 0 spiro atoms. The third-order valence-electron chi connectivity index (χ3n) is 5.47. The van der Waals surface area contributed by atoms with E-state index in [2.05, 4.69) is 21.2 Å². The van der Waals surface area contributed by atoms with Crippen LogP contribution in [-0.2, 0) is 16.1 Å². The molecule has 6 heteroatoms. The van der Waals surface area contributed by atoms with E-state index in [0.717, 1.165) is 22.1 Å². The summed E-state index contributed by atoms with van der Waals surface area (Å²) < 4.78 is 11.9. The van der Waals surface area contributed by atoms with E-state index in [9.17, 15) is 9.59 Å². The highest BCUT2D eigenvalue weighted by Crippen LogP contribution is 2.30. The predicted octanol–water partition coefficient (Wildman–Crippen LogP) is 6.28. The van der Waals surface area contributed by atoms with Crippen molar-refractivity contribution < 1.29 is 19.1 Å². The minimum absolute atomic E-state index is 0.0199. The average molecular weight is 526 g/mol. The van der Waals surface area contributed by atoms with E-state index in [1.165, 1.54) is 0 Å². The lowest BCUT2D eigenvalue weighted by Crippen LogP contribution is -2.49. The fourth-order valence-corrected chi connectivity index (χ4v) is 3.73. The van der Waals surface area contributed by atoms with Crippen LogP contribution in [0.1, 0.15) is 50.0 Å². The van der Waals surface area contributed by atoms with Gasteiger partial charge in [-0.25, -0.2) is 0 Å². The average Bonchev–Trinajstić information content (AvgIpc) is 2.82. The number of rotatable bonds is 11. The maximum absolute atomic E-state index is 13.0. The number of alkyl halides is 1. The van der Waals surface area contributed by atoms with Gasteiger partial charge >= 0.3 is 0 Å². The maximum atomic E-state index is 13.0. The molecule has 0 fully saturated rings. The van der Waals surface area contributed by atoms with Crippen molar-refractivity contribution in [1.82, 2.24) is 5.32 Å². The Balaban J connectivity index is 1.65. The molecule has 0 bridgehead atoms.